The van der Waals surface area contributed by atoms with Crippen molar-refractivity contribution in [2.45, 2.75) is 4.90 Å². The number of thiol groups is 1. The third kappa shape index (κ3) is 2.95. The second kappa shape index (κ2) is 5.33. The summed E-state index contributed by atoms with van der Waals surface area (Å²) in [6, 6.07) is 8.49. The highest BCUT2D eigenvalue weighted by atomic mass is 32.2. The lowest BCUT2D eigenvalue weighted by molar-refractivity contribution is 1.45. The predicted octanol–water partition coefficient (Wildman–Crippen LogP) is 3.35. The average molecular weight is 196 g/mol. The molecule has 1 rings (SSSR count). The monoisotopic (exact) mass is 196 g/mol. The zero-order chi connectivity index (χ0) is 8.81. The molecular weight excluding hydrogens is 184 g/mol. The zero-order valence-corrected chi connectivity index (χ0v) is 8.74. The molecule has 0 heterocycles. The highest BCUT2D eigenvalue weighted by Gasteiger charge is 1.88. The first kappa shape index (κ1) is 9.75. The molecule has 0 aliphatic heterocycles. The first-order chi connectivity index (χ1) is 5.86. The molecule has 0 aliphatic carbocycles. The Balaban J connectivity index is 2.71. The second-order valence-electron chi connectivity index (χ2n) is 2.36. The molecule has 0 aromatic heterocycles. The number of hydrogen-bond donors (Lipinski definition) is 1. The fourth-order valence-electron chi connectivity index (χ4n) is 0.904. The minimum absolute atomic E-state index is 0.796. The molecule has 0 N–H and O–H groups in total. The van der Waals surface area contributed by atoms with Crippen LogP contribution >= 0.6 is 24.4 Å². The first-order valence-electron chi connectivity index (χ1n) is 3.78. The van der Waals surface area contributed by atoms with Crippen molar-refractivity contribution < 1.29 is 0 Å². The number of hydrogen-bond acceptors (Lipinski definition) is 2. The van der Waals surface area contributed by atoms with E-state index < -0.39 is 0 Å². The van der Waals surface area contributed by atoms with Crippen LogP contribution in [0.1, 0.15) is 5.56 Å². The van der Waals surface area contributed by atoms with Crippen molar-refractivity contribution in [3.63, 3.8) is 0 Å². The van der Waals surface area contributed by atoms with Crippen molar-refractivity contribution in [2.75, 3.05) is 12.0 Å². The highest BCUT2D eigenvalue weighted by molar-refractivity contribution is 7.98. The second-order valence-corrected chi connectivity index (χ2v) is 3.60. The van der Waals surface area contributed by atoms with Gasteiger partial charge in [-0.3, -0.25) is 0 Å². The number of thioether (sulfide) groups is 1. The summed E-state index contributed by atoms with van der Waals surface area (Å²) in [5.74, 6) is 0.796. The Morgan fingerprint density at radius 1 is 1.33 bits per heavy atom. The molecule has 12 heavy (non-hydrogen) atoms. The normalized spacial score (nSPS) is 10.8. The van der Waals surface area contributed by atoms with Crippen molar-refractivity contribution in [1.82, 2.24) is 0 Å². The van der Waals surface area contributed by atoms with E-state index in [9.17, 15) is 0 Å². The smallest absolute Gasteiger partial charge is 0.00858 e. The number of benzene rings is 1. The van der Waals surface area contributed by atoms with Crippen molar-refractivity contribution >= 4 is 30.5 Å². The van der Waals surface area contributed by atoms with Gasteiger partial charge in [0, 0.05) is 10.6 Å². The summed E-state index contributed by atoms with van der Waals surface area (Å²) in [5.41, 5.74) is 1.24. The van der Waals surface area contributed by atoms with Gasteiger partial charge >= 0.3 is 0 Å². The minimum Gasteiger partial charge on any atom is -0.175 e. The van der Waals surface area contributed by atoms with E-state index in [2.05, 4.69) is 49.2 Å². The summed E-state index contributed by atoms with van der Waals surface area (Å²) >= 11 is 5.86. The lowest BCUT2D eigenvalue weighted by Crippen LogP contribution is -1.72. The quantitative estimate of drug-likeness (QED) is 0.571. The molecule has 64 valence electrons. The van der Waals surface area contributed by atoms with Gasteiger partial charge in [-0.25, -0.2) is 0 Å². The van der Waals surface area contributed by atoms with Crippen molar-refractivity contribution in [3.05, 3.63) is 35.9 Å². The Morgan fingerprint density at radius 2 is 2.00 bits per heavy atom. The van der Waals surface area contributed by atoms with E-state index in [4.69, 9.17) is 0 Å². The topological polar surface area (TPSA) is 0 Å². The molecule has 0 fully saturated rings. The van der Waals surface area contributed by atoms with Crippen LogP contribution < -0.4 is 0 Å². The van der Waals surface area contributed by atoms with Crippen molar-refractivity contribution in [2.24, 2.45) is 0 Å². The van der Waals surface area contributed by atoms with Crippen LogP contribution in [0, 0.1) is 0 Å². The van der Waals surface area contributed by atoms with Gasteiger partial charge in [0.25, 0.3) is 0 Å². The summed E-state index contributed by atoms with van der Waals surface area (Å²) < 4.78 is 0. The maximum atomic E-state index is 4.10. The van der Waals surface area contributed by atoms with Crippen LogP contribution in [-0.2, 0) is 0 Å². The molecule has 1 aromatic rings. The summed E-state index contributed by atoms with van der Waals surface area (Å²) in [4.78, 5) is 1.30. The maximum absolute atomic E-state index is 4.10. The molecule has 0 saturated heterocycles. The molecule has 0 saturated carbocycles. The molecule has 0 atom stereocenters. The lowest BCUT2D eigenvalue weighted by atomic mass is 10.2. The first-order valence-corrected chi connectivity index (χ1v) is 5.64. The molecular formula is C10H12S2. The summed E-state index contributed by atoms with van der Waals surface area (Å²) in [7, 11) is 0. The van der Waals surface area contributed by atoms with Crippen LogP contribution in [0.2, 0.25) is 0 Å². The van der Waals surface area contributed by atoms with Crippen LogP contribution in [0.25, 0.3) is 6.08 Å². The largest absolute Gasteiger partial charge is 0.175 e. The number of rotatable bonds is 3. The van der Waals surface area contributed by atoms with Gasteiger partial charge < -0.3 is 0 Å². The maximum Gasteiger partial charge on any atom is 0.00858 e. The minimum atomic E-state index is 0.796. The van der Waals surface area contributed by atoms with E-state index in [1.165, 1.54) is 10.5 Å². The fourth-order valence-corrected chi connectivity index (χ4v) is 1.42. The van der Waals surface area contributed by atoms with Crippen LogP contribution in [0.5, 0.6) is 0 Å². The Kier molecular flexibility index (Phi) is 4.33. The van der Waals surface area contributed by atoms with Gasteiger partial charge in [-0.1, -0.05) is 24.3 Å². The van der Waals surface area contributed by atoms with Gasteiger partial charge in [-0.2, -0.15) is 12.6 Å². The van der Waals surface area contributed by atoms with E-state index in [0.717, 1.165) is 5.75 Å². The Labute approximate surface area is 83.5 Å². The predicted molar refractivity (Wildman–Crippen MR) is 61.1 cm³/mol. The summed E-state index contributed by atoms with van der Waals surface area (Å²) in [5, 5.41) is 0. The third-order valence-electron chi connectivity index (χ3n) is 1.53. The molecule has 0 radical (unpaired) electrons. The van der Waals surface area contributed by atoms with Crippen LogP contribution in [-0.4, -0.2) is 12.0 Å². The Hall–Kier alpha value is -0.340. The SMILES string of the molecule is CSc1ccc(C=CCS)cc1. The van der Waals surface area contributed by atoms with E-state index in [-0.39, 0.29) is 0 Å². The van der Waals surface area contributed by atoms with Crippen molar-refractivity contribution in [3.8, 4) is 0 Å². The van der Waals surface area contributed by atoms with Gasteiger partial charge in [0.1, 0.15) is 0 Å². The molecule has 0 bridgehead atoms. The van der Waals surface area contributed by atoms with Crippen molar-refractivity contribution in [1.29, 1.82) is 0 Å². The van der Waals surface area contributed by atoms with E-state index in [1.54, 1.807) is 11.8 Å². The summed E-state index contributed by atoms with van der Waals surface area (Å²) in [6.45, 7) is 0. The Bertz CT molecular complexity index is 249. The van der Waals surface area contributed by atoms with E-state index in [1.807, 2.05) is 6.08 Å². The van der Waals surface area contributed by atoms with Crippen LogP contribution in [0.4, 0.5) is 0 Å². The standard InChI is InChI=1S/C10H12S2/c1-12-10-6-4-9(5-7-10)3-2-8-11/h2-7,11H,8H2,1H3. The molecule has 2 heteroatoms. The molecule has 1 aromatic carbocycles. The molecule has 0 unspecified atom stereocenters. The van der Waals surface area contributed by atoms with Gasteiger partial charge in [0.05, 0.1) is 0 Å². The van der Waals surface area contributed by atoms with E-state index in [0.29, 0.717) is 0 Å². The molecule has 0 amide bonds. The van der Waals surface area contributed by atoms with E-state index >= 15 is 0 Å². The highest BCUT2D eigenvalue weighted by Crippen LogP contribution is 2.15. The average Bonchev–Trinajstić information content (AvgIpc) is 2.15. The van der Waals surface area contributed by atoms with Gasteiger partial charge in [0.2, 0.25) is 0 Å². The Morgan fingerprint density at radius 3 is 2.50 bits per heavy atom. The van der Waals surface area contributed by atoms with Crippen LogP contribution in [0.3, 0.4) is 0 Å². The molecule has 0 nitrogen and oxygen atoms in total. The molecule has 0 aliphatic rings. The molecule has 0 spiro atoms. The fraction of sp³-hybridized carbons (Fsp3) is 0.200. The van der Waals surface area contributed by atoms with Gasteiger partial charge in [0.15, 0.2) is 0 Å². The van der Waals surface area contributed by atoms with Crippen LogP contribution in [0.15, 0.2) is 35.2 Å². The third-order valence-corrected chi connectivity index (χ3v) is 2.49. The summed E-state index contributed by atoms with van der Waals surface area (Å²) in [6.07, 6.45) is 6.20. The lowest BCUT2D eigenvalue weighted by Gasteiger charge is -1.95. The zero-order valence-electron chi connectivity index (χ0n) is 7.03. The van der Waals surface area contributed by atoms with Gasteiger partial charge in [-0.05, 0) is 24.0 Å². The van der Waals surface area contributed by atoms with Gasteiger partial charge in [-0.15, -0.1) is 11.8 Å².